The maximum atomic E-state index is 10.1. The van der Waals surface area contributed by atoms with Crippen molar-refractivity contribution in [2.45, 2.75) is 69.9 Å². The smallest absolute Gasteiger partial charge is 0.186 e. The molecular formula is C16H24N2OS. The Morgan fingerprint density at radius 2 is 1.90 bits per heavy atom. The van der Waals surface area contributed by atoms with Gasteiger partial charge < -0.3 is 10.0 Å². The SMILES string of the molecule is OC1CCCc2sc(N3CCC[C@H]4CCCC[C@H]43)nc21. The van der Waals surface area contributed by atoms with Crippen molar-refractivity contribution >= 4 is 16.5 Å². The van der Waals surface area contributed by atoms with Crippen LogP contribution in [0, 0.1) is 5.92 Å². The fourth-order valence-electron chi connectivity index (χ4n) is 4.37. The summed E-state index contributed by atoms with van der Waals surface area (Å²) in [6, 6.07) is 0.724. The molecule has 0 amide bonds. The van der Waals surface area contributed by atoms with Gasteiger partial charge in [-0.05, 0) is 50.9 Å². The Morgan fingerprint density at radius 1 is 1.05 bits per heavy atom. The normalized spacial score (nSPS) is 33.6. The quantitative estimate of drug-likeness (QED) is 0.858. The predicted molar refractivity (Wildman–Crippen MR) is 82.3 cm³/mol. The van der Waals surface area contributed by atoms with Gasteiger partial charge in [0.15, 0.2) is 5.13 Å². The number of aliphatic hydroxyl groups excluding tert-OH is 1. The van der Waals surface area contributed by atoms with Crippen LogP contribution in [-0.4, -0.2) is 22.7 Å². The molecule has 1 saturated heterocycles. The van der Waals surface area contributed by atoms with E-state index in [9.17, 15) is 5.11 Å². The number of anilines is 1. The molecule has 1 saturated carbocycles. The molecule has 2 heterocycles. The molecule has 20 heavy (non-hydrogen) atoms. The van der Waals surface area contributed by atoms with Gasteiger partial charge in [0.2, 0.25) is 0 Å². The Kier molecular flexibility index (Phi) is 3.47. The zero-order valence-electron chi connectivity index (χ0n) is 12.1. The van der Waals surface area contributed by atoms with Crippen molar-refractivity contribution in [3.8, 4) is 0 Å². The summed E-state index contributed by atoms with van der Waals surface area (Å²) in [6.07, 6.45) is 11.1. The van der Waals surface area contributed by atoms with E-state index in [2.05, 4.69) is 4.90 Å². The first-order valence-corrected chi connectivity index (χ1v) is 9.09. The maximum Gasteiger partial charge on any atom is 0.186 e. The van der Waals surface area contributed by atoms with Gasteiger partial charge in [0.05, 0.1) is 11.8 Å². The Labute approximate surface area is 125 Å². The van der Waals surface area contributed by atoms with E-state index in [0.717, 1.165) is 36.9 Å². The number of rotatable bonds is 1. The number of hydrogen-bond donors (Lipinski definition) is 1. The summed E-state index contributed by atoms with van der Waals surface area (Å²) < 4.78 is 0. The van der Waals surface area contributed by atoms with Gasteiger partial charge in [-0.1, -0.05) is 12.8 Å². The molecule has 1 aromatic heterocycles. The second kappa shape index (κ2) is 5.30. The Morgan fingerprint density at radius 3 is 2.80 bits per heavy atom. The van der Waals surface area contributed by atoms with Crippen LogP contribution in [0.2, 0.25) is 0 Å². The van der Waals surface area contributed by atoms with E-state index in [1.165, 1.54) is 55.1 Å². The van der Waals surface area contributed by atoms with E-state index in [-0.39, 0.29) is 6.10 Å². The van der Waals surface area contributed by atoms with Crippen molar-refractivity contribution in [3.63, 3.8) is 0 Å². The van der Waals surface area contributed by atoms with Gasteiger partial charge in [-0.3, -0.25) is 0 Å². The van der Waals surface area contributed by atoms with Gasteiger partial charge >= 0.3 is 0 Å². The third-order valence-corrected chi connectivity index (χ3v) is 6.57. The molecule has 4 rings (SSSR count). The molecule has 1 aliphatic heterocycles. The standard InChI is InChI=1S/C16H24N2OS/c19-13-8-3-9-14-15(13)17-16(20-14)18-10-4-6-11-5-1-2-7-12(11)18/h11-13,19H,1-10H2/t11-,12-,13?/m1/s1. The molecule has 110 valence electrons. The predicted octanol–water partition coefficient (Wildman–Crippen LogP) is 3.67. The minimum atomic E-state index is -0.310. The van der Waals surface area contributed by atoms with Gasteiger partial charge in [0.25, 0.3) is 0 Å². The number of aliphatic hydroxyl groups is 1. The molecule has 4 heteroatoms. The summed E-state index contributed by atoms with van der Waals surface area (Å²) in [5.74, 6) is 0.892. The second-order valence-electron chi connectivity index (χ2n) is 6.66. The van der Waals surface area contributed by atoms with Crippen LogP contribution in [-0.2, 0) is 6.42 Å². The van der Waals surface area contributed by atoms with Crippen LogP contribution in [0.1, 0.15) is 68.0 Å². The molecule has 0 aromatic carbocycles. The lowest BCUT2D eigenvalue weighted by Crippen LogP contribution is -2.46. The van der Waals surface area contributed by atoms with Crippen LogP contribution in [0.4, 0.5) is 5.13 Å². The molecular weight excluding hydrogens is 268 g/mol. The largest absolute Gasteiger partial charge is 0.387 e. The highest BCUT2D eigenvalue weighted by Crippen LogP contribution is 2.42. The summed E-state index contributed by atoms with van der Waals surface area (Å²) in [4.78, 5) is 8.77. The van der Waals surface area contributed by atoms with E-state index >= 15 is 0 Å². The van der Waals surface area contributed by atoms with E-state index in [0.29, 0.717) is 0 Å². The zero-order valence-corrected chi connectivity index (χ0v) is 12.9. The summed E-state index contributed by atoms with van der Waals surface area (Å²) in [6.45, 7) is 1.17. The van der Waals surface area contributed by atoms with Crippen molar-refractivity contribution in [3.05, 3.63) is 10.6 Å². The summed E-state index contributed by atoms with van der Waals surface area (Å²) in [5.41, 5.74) is 0.995. The van der Waals surface area contributed by atoms with E-state index < -0.39 is 0 Å². The second-order valence-corrected chi connectivity index (χ2v) is 7.72. The van der Waals surface area contributed by atoms with Crippen molar-refractivity contribution in [2.24, 2.45) is 5.92 Å². The zero-order chi connectivity index (χ0) is 13.5. The fraction of sp³-hybridized carbons (Fsp3) is 0.812. The lowest BCUT2D eigenvalue weighted by Gasteiger charge is -2.44. The lowest BCUT2D eigenvalue weighted by molar-refractivity contribution is 0.153. The van der Waals surface area contributed by atoms with Crippen molar-refractivity contribution in [1.82, 2.24) is 4.98 Å². The molecule has 0 bridgehead atoms. The van der Waals surface area contributed by atoms with Crippen LogP contribution >= 0.6 is 11.3 Å². The highest BCUT2D eigenvalue weighted by molar-refractivity contribution is 7.15. The van der Waals surface area contributed by atoms with Crippen LogP contribution in [0.15, 0.2) is 0 Å². The average molecular weight is 292 g/mol. The number of nitrogens with zero attached hydrogens (tertiary/aromatic N) is 2. The van der Waals surface area contributed by atoms with Gasteiger partial charge in [0.1, 0.15) is 0 Å². The first kappa shape index (κ1) is 13.1. The minimum absolute atomic E-state index is 0.310. The molecule has 1 N–H and O–H groups in total. The van der Waals surface area contributed by atoms with Crippen LogP contribution in [0.5, 0.6) is 0 Å². The number of aryl methyl sites for hydroxylation is 1. The average Bonchev–Trinajstić information content (AvgIpc) is 2.92. The molecule has 3 aliphatic rings. The Hall–Kier alpha value is -0.610. The van der Waals surface area contributed by atoms with Gasteiger partial charge in [0, 0.05) is 17.5 Å². The summed E-state index contributed by atoms with van der Waals surface area (Å²) in [5, 5.41) is 11.3. The highest BCUT2D eigenvalue weighted by Gasteiger charge is 2.35. The number of thiazole rings is 1. The van der Waals surface area contributed by atoms with E-state index in [4.69, 9.17) is 4.98 Å². The molecule has 3 atom stereocenters. The first-order chi connectivity index (χ1) is 9.83. The highest BCUT2D eigenvalue weighted by atomic mass is 32.1. The topological polar surface area (TPSA) is 36.4 Å². The molecule has 2 fully saturated rings. The minimum Gasteiger partial charge on any atom is -0.387 e. The van der Waals surface area contributed by atoms with Crippen LogP contribution in [0.25, 0.3) is 0 Å². The molecule has 0 spiro atoms. The fourth-order valence-corrected chi connectivity index (χ4v) is 5.61. The van der Waals surface area contributed by atoms with Gasteiger partial charge in [-0.2, -0.15) is 0 Å². The van der Waals surface area contributed by atoms with Gasteiger partial charge in [-0.15, -0.1) is 11.3 Å². The van der Waals surface area contributed by atoms with Crippen molar-refractivity contribution in [2.75, 3.05) is 11.4 Å². The Bertz CT molecular complexity index is 485. The van der Waals surface area contributed by atoms with Gasteiger partial charge in [-0.25, -0.2) is 4.98 Å². The van der Waals surface area contributed by atoms with E-state index in [1.54, 1.807) is 0 Å². The number of piperidine rings is 1. The van der Waals surface area contributed by atoms with Crippen molar-refractivity contribution < 1.29 is 5.11 Å². The molecule has 3 nitrogen and oxygen atoms in total. The molecule has 1 aromatic rings. The number of fused-ring (bicyclic) bond motifs is 2. The molecule has 1 unspecified atom stereocenters. The van der Waals surface area contributed by atoms with Crippen molar-refractivity contribution in [1.29, 1.82) is 0 Å². The maximum absolute atomic E-state index is 10.1. The first-order valence-electron chi connectivity index (χ1n) is 8.27. The Balaban J connectivity index is 1.63. The van der Waals surface area contributed by atoms with E-state index in [1.807, 2.05) is 11.3 Å². The molecule has 0 radical (unpaired) electrons. The summed E-state index contributed by atoms with van der Waals surface area (Å²) >= 11 is 1.86. The molecule has 2 aliphatic carbocycles. The monoisotopic (exact) mass is 292 g/mol. The third kappa shape index (κ3) is 2.17. The number of hydrogen-bond acceptors (Lipinski definition) is 4. The summed E-state index contributed by atoms with van der Waals surface area (Å²) in [7, 11) is 0. The van der Waals surface area contributed by atoms with Crippen LogP contribution in [0.3, 0.4) is 0 Å². The number of aromatic nitrogens is 1. The third-order valence-electron chi connectivity index (χ3n) is 5.40. The lowest BCUT2D eigenvalue weighted by atomic mass is 9.78. The van der Waals surface area contributed by atoms with Crippen LogP contribution < -0.4 is 4.90 Å².